The normalized spacial score (nSPS) is 11.2. The Morgan fingerprint density at radius 1 is 1.18 bits per heavy atom. The van der Waals surface area contributed by atoms with E-state index < -0.39 is 5.82 Å². The van der Waals surface area contributed by atoms with Crippen LogP contribution < -0.4 is 5.32 Å². The number of nitrogens with zero attached hydrogens (tertiary/aromatic N) is 4. The van der Waals surface area contributed by atoms with Crippen molar-refractivity contribution in [1.29, 1.82) is 0 Å². The fraction of sp³-hybridized carbons (Fsp3) is 0. The van der Waals surface area contributed by atoms with Crippen LogP contribution in [0.2, 0.25) is 0 Å². The van der Waals surface area contributed by atoms with E-state index in [0.29, 0.717) is 27.8 Å². The van der Waals surface area contributed by atoms with Crippen molar-refractivity contribution in [3.05, 3.63) is 78.9 Å². The third-order valence-corrected chi connectivity index (χ3v) is 4.49. The molecule has 0 fully saturated rings. The minimum Gasteiger partial charge on any atom is -0.346 e. The van der Waals surface area contributed by atoms with Crippen molar-refractivity contribution in [2.75, 3.05) is 5.32 Å². The Kier molecular flexibility index (Phi) is 3.61. The second-order valence-electron chi connectivity index (χ2n) is 6.25. The zero-order valence-corrected chi connectivity index (χ0v) is 14.4. The van der Waals surface area contributed by atoms with Gasteiger partial charge in [0.2, 0.25) is 0 Å². The van der Waals surface area contributed by atoms with Gasteiger partial charge in [0.1, 0.15) is 11.5 Å². The Balaban J connectivity index is 1.58. The lowest BCUT2D eigenvalue weighted by atomic mass is 10.1. The van der Waals surface area contributed by atoms with E-state index in [0.717, 1.165) is 11.1 Å². The first-order valence-corrected chi connectivity index (χ1v) is 8.51. The summed E-state index contributed by atoms with van der Waals surface area (Å²) >= 11 is 0. The largest absolute Gasteiger partial charge is 0.346 e. The fourth-order valence-electron chi connectivity index (χ4n) is 3.17. The van der Waals surface area contributed by atoms with Crippen LogP contribution in [-0.2, 0) is 0 Å². The lowest BCUT2D eigenvalue weighted by Crippen LogP contribution is -2.11. The highest BCUT2D eigenvalue weighted by Gasteiger charge is 2.15. The molecule has 5 rings (SSSR count). The van der Waals surface area contributed by atoms with E-state index >= 15 is 0 Å². The van der Waals surface area contributed by atoms with Crippen LogP contribution in [0.15, 0.2) is 67.5 Å². The van der Waals surface area contributed by atoms with Gasteiger partial charge in [-0.2, -0.15) is 5.10 Å². The molecule has 0 aliphatic rings. The SMILES string of the molecule is O=C(Nc1cccnc1)c1cnn2ccc(-c3c[nH]c4ncc(F)cc34)cc12. The van der Waals surface area contributed by atoms with Gasteiger partial charge >= 0.3 is 0 Å². The van der Waals surface area contributed by atoms with E-state index in [1.165, 1.54) is 18.5 Å². The molecule has 0 aromatic carbocycles. The van der Waals surface area contributed by atoms with Crippen molar-refractivity contribution in [2.24, 2.45) is 0 Å². The molecule has 28 heavy (non-hydrogen) atoms. The summed E-state index contributed by atoms with van der Waals surface area (Å²) in [6.45, 7) is 0. The summed E-state index contributed by atoms with van der Waals surface area (Å²) in [5.74, 6) is -0.692. The van der Waals surface area contributed by atoms with E-state index in [1.54, 1.807) is 41.4 Å². The summed E-state index contributed by atoms with van der Waals surface area (Å²) in [4.78, 5) is 23.8. The van der Waals surface area contributed by atoms with Gasteiger partial charge in [0.25, 0.3) is 5.91 Å². The molecule has 0 radical (unpaired) electrons. The Hall–Kier alpha value is -4.07. The lowest BCUT2D eigenvalue weighted by molar-refractivity contribution is 0.102. The zero-order valence-electron chi connectivity index (χ0n) is 14.4. The van der Waals surface area contributed by atoms with E-state index in [1.807, 2.05) is 12.1 Å². The third kappa shape index (κ3) is 2.67. The number of nitrogens with one attached hydrogen (secondary N) is 2. The minimum absolute atomic E-state index is 0.285. The summed E-state index contributed by atoms with van der Waals surface area (Å²) < 4.78 is 15.3. The monoisotopic (exact) mass is 372 g/mol. The molecule has 8 heteroatoms. The predicted molar refractivity (Wildman–Crippen MR) is 102 cm³/mol. The number of aromatic nitrogens is 5. The van der Waals surface area contributed by atoms with Gasteiger partial charge < -0.3 is 10.3 Å². The molecule has 5 aromatic heterocycles. The number of aromatic amines is 1. The van der Waals surface area contributed by atoms with Crippen molar-refractivity contribution in [3.63, 3.8) is 0 Å². The molecule has 0 saturated carbocycles. The third-order valence-electron chi connectivity index (χ3n) is 4.49. The van der Waals surface area contributed by atoms with Crippen LogP contribution in [0.1, 0.15) is 10.4 Å². The molecule has 7 nitrogen and oxygen atoms in total. The second kappa shape index (κ2) is 6.27. The topological polar surface area (TPSA) is 88.0 Å². The standard InChI is InChI=1S/C20H13FN6O/c21-13-7-15-16(10-24-19(15)23-8-13)12-3-5-27-18(6-12)17(11-25-27)20(28)26-14-2-1-4-22-9-14/h1-11H,(H,23,24)(H,26,28). The van der Waals surface area contributed by atoms with E-state index in [9.17, 15) is 9.18 Å². The highest BCUT2D eigenvalue weighted by atomic mass is 19.1. The molecule has 2 N–H and O–H groups in total. The van der Waals surface area contributed by atoms with Gasteiger partial charge in [-0.1, -0.05) is 0 Å². The summed E-state index contributed by atoms with van der Waals surface area (Å²) in [7, 11) is 0. The van der Waals surface area contributed by atoms with Crippen molar-refractivity contribution < 1.29 is 9.18 Å². The van der Waals surface area contributed by atoms with Crippen molar-refractivity contribution >= 4 is 28.1 Å². The molecule has 0 unspecified atom stereocenters. The van der Waals surface area contributed by atoms with Gasteiger partial charge in [-0.05, 0) is 35.9 Å². The number of hydrogen-bond donors (Lipinski definition) is 2. The zero-order chi connectivity index (χ0) is 19.1. The van der Waals surface area contributed by atoms with Crippen LogP contribution in [0.4, 0.5) is 10.1 Å². The average molecular weight is 372 g/mol. The van der Waals surface area contributed by atoms with Gasteiger partial charge in [-0.3, -0.25) is 9.78 Å². The predicted octanol–water partition coefficient (Wildman–Crippen LogP) is 3.66. The number of anilines is 1. The highest BCUT2D eigenvalue weighted by Crippen LogP contribution is 2.29. The molecule has 0 spiro atoms. The number of halogens is 1. The van der Waals surface area contributed by atoms with E-state index in [-0.39, 0.29) is 5.91 Å². The highest BCUT2D eigenvalue weighted by molar-refractivity contribution is 6.09. The van der Waals surface area contributed by atoms with Crippen LogP contribution in [0.3, 0.4) is 0 Å². The maximum Gasteiger partial charge on any atom is 0.259 e. The van der Waals surface area contributed by atoms with Gasteiger partial charge in [0.15, 0.2) is 0 Å². The molecular weight excluding hydrogens is 359 g/mol. The van der Waals surface area contributed by atoms with Crippen LogP contribution in [0.5, 0.6) is 0 Å². The number of amides is 1. The first-order chi connectivity index (χ1) is 13.7. The van der Waals surface area contributed by atoms with Crippen LogP contribution in [-0.4, -0.2) is 30.5 Å². The Labute approximate surface area is 157 Å². The van der Waals surface area contributed by atoms with Crippen LogP contribution >= 0.6 is 0 Å². The Morgan fingerprint density at radius 3 is 2.96 bits per heavy atom. The second-order valence-corrected chi connectivity index (χ2v) is 6.25. The number of carbonyl (C=O) groups is 1. The summed E-state index contributed by atoms with van der Waals surface area (Å²) in [5.41, 5.74) is 3.87. The molecule has 0 aliphatic heterocycles. The summed E-state index contributed by atoms with van der Waals surface area (Å²) in [6, 6.07) is 8.64. The number of hydrogen-bond acceptors (Lipinski definition) is 4. The Morgan fingerprint density at radius 2 is 2.11 bits per heavy atom. The molecule has 5 aromatic rings. The number of fused-ring (bicyclic) bond motifs is 2. The quantitative estimate of drug-likeness (QED) is 0.506. The van der Waals surface area contributed by atoms with Crippen molar-refractivity contribution in [3.8, 4) is 11.1 Å². The number of H-pyrrole nitrogens is 1. The van der Waals surface area contributed by atoms with Gasteiger partial charge in [-0.15, -0.1) is 0 Å². The minimum atomic E-state index is -0.407. The summed E-state index contributed by atoms with van der Waals surface area (Å²) in [6.07, 6.45) is 9.43. The number of rotatable bonds is 3. The molecule has 0 atom stereocenters. The van der Waals surface area contributed by atoms with Gasteiger partial charge in [0.05, 0.1) is 35.4 Å². The molecule has 136 valence electrons. The smallest absolute Gasteiger partial charge is 0.259 e. The first kappa shape index (κ1) is 16.1. The molecule has 0 saturated heterocycles. The fourth-order valence-corrected chi connectivity index (χ4v) is 3.17. The number of carbonyl (C=O) groups excluding carboxylic acids is 1. The van der Waals surface area contributed by atoms with E-state index in [4.69, 9.17) is 0 Å². The maximum atomic E-state index is 13.6. The van der Waals surface area contributed by atoms with Crippen molar-refractivity contribution in [1.82, 2.24) is 24.6 Å². The molecular formula is C20H13FN6O. The van der Waals surface area contributed by atoms with Crippen LogP contribution in [0, 0.1) is 5.82 Å². The van der Waals surface area contributed by atoms with Gasteiger partial charge in [-0.25, -0.2) is 13.9 Å². The number of pyridine rings is 3. The van der Waals surface area contributed by atoms with Crippen molar-refractivity contribution in [2.45, 2.75) is 0 Å². The van der Waals surface area contributed by atoms with Gasteiger partial charge in [0, 0.05) is 29.5 Å². The van der Waals surface area contributed by atoms with E-state index in [2.05, 4.69) is 25.4 Å². The van der Waals surface area contributed by atoms with Crippen LogP contribution in [0.25, 0.3) is 27.7 Å². The lowest BCUT2D eigenvalue weighted by Gasteiger charge is -2.05. The Bertz CT molecular complexity index is 1320. The molecule has 5 heterocycles. The molecule has 0 bridgehead atoms. The summed E-state index contributed by atoms with van der Waals surface area (Å²) in [5, 5.41) is 7.72. The first-order valence-electron chi connectivity index (χ1n) is 8.51. The molecule has 0 aliphatic carbocycles. The average Bonchev–Trinajstić information content (AvgIpc) is 3.32. The maximum absolute atomic E-state index is 13.6. The molecule has 1 amide bonds.